The fourth-order valence-corrected chi connectivity index (χ4v) is 5.35. The lowest BCUT2D eigenvalue weighted by atomic mass is 10.0. The Hall–Kier alpha value is -1.32. The third kappa shape index (κ3) is 31.2. The summed E-state index contributed by atoms with van der Waals surface area (Å²) in [5, 5.41) is 8.86. The lowest BCUT2D eigenvalue weighted by Gasteiger charge is -2.18. The second-order valence-electron chi connectivity index (χ2n) is 12.1. The molecular formula is C36H68O4. The Labute approximate surface area is 249 Å². The number of carbonyl (C=O) groups excluding carboxylic acids is 1. The average molecular weight is 565 g/mol. The second-order valence-corrected chi connectivity index (χ2v) is 12.1. The van der Waals surface area contributed by atoms with E-state index in [0.717, 1.165) is 44.9 Å². The third-order valence-corrected chi connectivity index (χ3v) is 7.99. The number of carboxylic acid groups (broad SMARTS) is 1. The summed E-state index contributed by atoms with van der Waals surface area (Å²) in [5.41, 5.74) is 0. The van der Waals surface area contributed by atoms with Gasteiger partial charge in [0, 0.05) is 12.8 Å². The number of hydrogen-bond acceptors (Lipinski definition) is 3. The largest absolute Gasteiger partial charge is 0.481 e. The number of unbranched alkanes of at least 4 members (excludes halogenated alkanes) is 21. The van der Waals surface area contributed by atoms with Gasteiger partial charge in [0.25, 0.3) is 0 Å². The highest BCUT2D eigenvalue weighted by atomic mass is 16.5. The Morgan fingerprint density at radius 3 is 1.40 bits per heavy atom. The summed E-state index contributed by atoms with van der Waals surface area (Å²) in [7, 11) is 0. The molecule has 1 atom stereocenters. The molecule has 236 valence electrons. The molecule has 0 radical (unpaired) electrons. The Bertz CT molecular complexity index is 571. The molecular weight excluding hydrogens is 496 g/mol. The number of hydrogen-bond donors (Lipinski definition) is 1. The fourth-order valence-electron chi connectivity index (χ4n) is 5.35. The number of aliphatic carboxylic acids is 1. The average Bonchev–Trinajstić information content (AvgIpc) is 2.93. The van der Waals surface area contributed by atoms with Crippen molar-refractivity contribution in [1.29, 1.82) is 0 Å². The number of carbonyl (C=O) groups is 2. The number of carboxylic acids is 1. The van der Waals surface area contributed by atoms with Crippen molar-refractivity contribution in [3.63, 3.8) is 0 Å². The van der Waals surface area contributed by atoms with E-state index in [1.54, 1.807) is 0 Å². The molecule has 4 heteroatoms. The summed E-state index contributed by atoms with van der Waals surface area (Å²) in [6.07, 6.45) is 37.8. The standard InChI is InChI=1S/C36H68O4/c1-3-5-7-9-11-13-15-16-18-20-22-24-29-33-36(39)40-34(31-27-25-28-32-35(37)38)30-26-23-21-19-17-14-12-10-8-6-4-2/h13,15,34H,3-12,14,16-33H2,1-2H3,(H,37,38)/b15-13-. The van der Waals surface area contributed by atoms with Gasteiger partial charge in [-0.15, -0.1) is 0 Å². The maximum Gasteiger partial charge on any atom is 0.306 e. The molecule has 0 spiro atoms. The molecule has 0 aromatic rings. The van der Waals surface area contributed by atoms with Gasteiger partial charge < -0.3 is 9.84 Å². The predicted molar refractivity (Wildman–Crippen MR) is 172 cm³/mol. The molecule has 1 unspecified atom stereocenters. The molecule has 0 fully saturated rings. The molecule has 0 saturated carbocycles. The smallest absolute Gasteiger partial charge is 0.306 e. The maximum absolute atomic E-state index is 12.5. The monoisotopic (exact) mass is 565 g/mol. The quantitative estimate of drug-likeness (QED) is 0.0501. The van der Waals surface area contributed by atoms with Gasteiger partial charge in [-0.2, -0.15) is 0 Å². The van der Waals surface area contributed by atoms with E-state index in [1.807, 2.05) is 0 Å². The zero-order valence-corrected chi connectivity index (χ0v) is 26.9. The van der Waals surface area contributed by atoms with Crippen molar-refractivity contribution >= 4 is 11.9 Å². The van der Waals surface area contributed by atoms with Gasteiger partial charge in [-0.05, 0) is 64.2 Å². The third-order valence-electron chi connectivity index (χ3n) is 7.99. The summed E-state index contributed by atoms with van der Waals surface area (Å²) in [6, 6.07) is 0. The van der Waals surface area contributed by atoms with Gasteiger partial charge in [0.05, 0.1) is 0 Å². The fraction of sp³-hybridized carbons (Fsp3) is 0.889. The van der Waals surface area contributed by atoms with Crippen LogP contribution in [0, 0.1) is 0 Å². The summed E-state index contributed by atoms with van der Waals surface area (Å²) in [4.78, 5) is 23.3. The highest BCUT2D eigenvalue weighted by Gasteiger charge is 2.14. The van der Waals surface area contributed by atoms with Gasteiger partial charge in [-0.1, -0.05) is 135 Å². The maximum atomic E-state index is 12.5. The number of ether oxygens (including phenoxy) is 1. The van der Waals surface area contributed by atoms with E-state index in [9.17, 15) is 9.59 Å². The molecule has 0 aliphatic heterocycles. The molecule has 0 aliphatic carbocycles. The van der Waals surface area contributed by atoms with Crippen LogP contribution in [0.25, 0.3) is 0 Å². The molecule has 0 saturated heterocycles. The Morgan fingerprint density at radius 2 is 0.900 bits per heavy atom. The van der Waals surface area contributed by atoms with Crippen LogP contribution in [0.2, 0.25) is 0 Å². The predicted octanol–water partition coefficient (Wildman–Crippen LogP) is 11.9. The first-order valence-corrected chi connectivity index (χ1v) is 17.7. The van der Waals surface area contributed by atoms with Crippen LogP contribution in [0.15, 0.2) is 12.2 Å². The van der Waals surface area contributed by atoms with Crippen LogP contribution in [0.1, 0.15) is 200 Å². The van der Waals surface area contributed by atoms with E-state index in [0.29, 0.717) is 12.8 Å². The van der Waals surface area contributed by atoms with Crippen molar-refractivity contribution in [3.05, 3.63) is 12.2 Å². The topological polar surface area (TPSA) is 63.6 Å². The van der Waals surface area contributed by atoms with Crippen molar-refractivity contribution in [2.75, 3.05) is 0 Å². The van der Waals surface area contributed by atoms with Gasteiger partial charge >= 0.3 is 11.9 Å². The van der Waals surface area contributed by atoms with Gasteiger partial charge in [-0.3, -0.25) is 9.59 Å². The molecule has 0 aromatic carbocycles. The molecule has 0 rings (SSSR count). The Balaban J connectivity index is 3.97. The van der Waals surface area contributed by atoms with Crippen LogP contribution < -0.4 is 0 Å². The summed E-state index contributed by atoms with van der Waals surface area (Å²) < 4.78 is 5.91. The lowest BCUT2D eigenvalue weighted by Crippen LogP contribution is -2.18. The minimum absolute atomic E-state index is 0.00431. The van der Waals surface area contributed by atoms with E-state index in [1.165, 1.54) is 122 Å². The van der Waals surface area contributed by atoms with Crippen LogP contribution in [-0.2, 0) is 14.3 Å². The van der Waals surface area contributed by atoms with Gasteiger partial charge in [0.2, 0.25) is 0 Å². The molecule has 0 aromatic heterocycles. The molecule has 40 heavy (non-hydrogen) atoms. The van der Waals surface area contributed by atoms with E-state index >= 15 is 0 Å². The molecule has 4 nitrogen and oxygen atoms in total. The summed E-state index contributed by atoms with van der Waals surface area (Å²) >= 11 is 0. The Kier molecular flexibility index (Phi) is 31.1. The van der Waals surface area contributed by atoms with Crippen LogP contribution in [0.5, 0.6) is 0 Å². The minimum atomic E-state index is -0.724. The zero-order chi connectivity index (χ0) is 29.4. The lowest BCUT2D eigenvalue weighted by molar-refractivity contribution is -0.150. The molecule has 1 N–H and O–H groups in total. The zero-order valence-electron chi connectivity index (χ0n) is 26.9. The summed E-state index contributed by atoms with van der Waals surface area (Å²) in [5.74, 6) is -0.761. The van der Waals surface area contributed by atoms with Crippen molar-refractivity contribution in [1.82, 2.24) is 0 Å². The second kappa shape index (κ2) is 32.2. The molecule has 0 heterocycles. The number of esters is 1. The molecule has 0 bridgehead atoms. The van der Waals surface area contributed by atoms with Crippen molar-refractivity contribution < 1.29 is 19.4 Å². The van der Waals surface area contributed by atoms with Crippen molar-refractivity contribution in [3.8, 4) is 0 Å². The Morgan fingerprint density at radius 1 is 0.525 bits per heavy atom. The number of allylic oxidation sites excluding steroid dienone is 2. The minimum Gasteiger partial charge on any atom is -0.481 e. The normalized spacial score (nSPS) is 12.2. The van der Waals surface area contributed by atoms with Crippen LogP contribution in [0.4, 0.5) is 0 Å². The highest BCUT2D eigenvalue weighted by molar-refractivity contribution is 5.69. The van der Waals surface area contributed by atoms with Gasteiger partial charge in [-0.25, -0.2) is 0 Å². The van der Waals surface area contributed by atoms with E-state index in [-0.39, 0.29) is 18.5 Å². The van der Waals surface area contributed by atoms with Crippen LogP contribution in [0.3, 0.4) is 0 Å². The van der Waals surface area contributed by atoms with E-state index in [4.69, 9.17) is 9.84 Å². The van der Waals surface area contributed by atoms with Crippen molar-refractivity contribution in [2.24, 2.45) is 0 Å². The first kappa shape index (κ1) is 38.7. The summed E-state index contributed by atoms with van der Waals surface area (Å²) in [6.45, 7) is 4.52. The number of rotatable bonds is 32. The SMILES string of the molecule is CCCCCC/C=C\CCCCCCCC(=O)OC(CCCCCCCCCCCCC)CCCCCC(=O)O. The van der Waals surface area contributed by atoms with Gasteiger partial charge in [0.15, 0.2) is 0 Å². The molecule has 0 aliphatic rings. The first-order chi connectivity index (χ1) is 19.6. The van der Waals surface area contributed by atoms with Crippen molar-refractivity contribution in [2.45, 2.75) is 206 Å². The highest BCUT2D eigenvalue weighted by Crippen LogP contribution is 2.18. The van der Waals surface area contributed by atoms with Crippen LogP contribution in [-0.4, -0.2) is 23.1 Å². The van der Waals surface area contributed by atoms with Crippen LogP contribution >= 0.6 is 0 Å². The first-order valence-electron chi connectivity index (χ1n) is 17.7. The van der Waals surface area contributed by atoms with E-state index in [2.05, 4.69) is 26.0 Å². The molecule has 0 amide bonds. The van der Waals surface area contributed by atoms with E-state index < -0.39 is 5.97 Å². The van der Waals surface area contributed by atoms with Gasteiger partial charge in [0.1, 0.15) is 6.10 Å².